The first-order valence-electron chi connectivity index (χ1n) is 7.59. The lowest BCUT2D eigenvalue weighted by atomic mass is 10.1. The first-order valence-corrected chi connectivity index (χ1v) is 8.35. The van der Waals surface area contributed by atoms with E-state index >= 15 is 0 Å². The van der Waals surface area contributed by atoms with Gasteiger partial charge in [-0.1, -0.05) is 29.3 Å². The maximum Gasteiger partial charge on any atom is 0.319 e. The number of carbonyl (C=O) groups is 2. The fraction of sp³-hybridized carbons (Fsp3) is 0.235. The van der Waals surface area contributed by atoms with Crippen LogP contribution >= 0.6 is 23.2 Å². The second kappa shape index (κ2) is 8.25. The molecule has 2 aromatic rings. The Morgan fingerprint density at radius 2 is 2.00 bits per heavy atom. The van der Waals surface area contributed by atoms with Crippen LogP contribution in [0.25, 0.3) is 0 Å². The Bertz CT molecular complexity index is 827. The number of carbonyl (C=O) groups excluding carboxylic acids is 2. The van der Waals surface area contributed by atoms with E-state index in [-0.39, 0.29) is 17.5 Å². The highest BCUT2D eigenvalue weighted by molar-refractivity contribution is 6.35. The molecule has 7 nitrogen and oxygen atoms in total. The van der Waals surface area contributed by atoms with E-state index < -0.39 is 17.5 Å². The zero-order valence-corrected chi connectivity index (χ0v) is 15.7. The summed E-state index contributed by atoms with van der Waals surface area (Å²) in [6, 6.07) is 7.37. The monoisotopic (exact) mass is 396 g/mol. The second-order valence-electron chi connectivity index (χ2n) is 6.14. The van der Waals surface area contributed by atoms with Crippen LogP contribution in [0.1, 0.15) is 24.2 Å². The number of ether oxygens (including phenoxy) is 1. The van der Waals surface area contributed by atoms with Crippen molar-refractivity contribution in [3.05, 3.63) is 52.1 Å². The fourth-order valence-electron chi connectivity index (χ4n) is 2.01. The Labute approximate surface area is 160 Å². The first-order chi connectivity index (χ1) is 12.2. The highest BCUT2D eigenvalue weighted by atomic mass is 35.5. The summed E-state index contributed by atoms with van der Waals surface area (Å²) in [5, 5.41) is 6.08. The van der Waals surface area contributed by atoms with Gasteiger partial charge in [-0.2, -0.15) is 0 Å². The number of benzene rings is 1. The number of hydrogen-bond acceptors (Lipinski definition) is 4. The Morgan fingerprint density at radius 1 is 1.27 bits per heavy atom. The van der Waals surface area contributed by atoms with Gasteiger partial charge in [0.2, 0.25) is 11.8 Å². The van der Waals surface area contributed by atoms with Crippen LogP contribution in [0.15, 0.2) is 36.5 Å². The minimum absolute atomic E-state index is 0.121. The molecule has 0 saturated heterocycles. The van der Waals surface area contributed by atoms with Gasteiger partial charge in [0, 0.05) is 17.4 Å². The molecule has 0 saturated carbocycles. The molecule has 0 radical (unpaired) electrons. The standard InChI is InChI=1S/C17H18Cl2N4O3/c1-17(2,9-26-15-13(19)7-11(18)8-21-15)23-16(25)22-12-5-3-4-10(6-12)14(20)24/h3-8H,9H2,1-2H3,(H2,20,24)(H2,22,23,25). The molecule has 1 aromatic carbocycles. The lowest BCUT2D eigenvalue weighted by molar-refractivity contribution is 0.1000. The number of aromatic nitrogens is 1. The lowest BCUT2D eigenvalue weighted by Gasteiger charge is -2.26. The number of anilines is 1. The average molecular weight is 397 g/mol. The molecule has 0 atom stereocenters. The SMILES string of the molecule is CC(C)(COc1ncc(Cl)cc1Cl)NC(=O)Nc1cccc(C(N)=O)c1. The molecule has 4 N–H and O–H groups in total. The molecule has 138 valence electrons. The number of nitrogens with one attached hydrogen (secondary N) is 2. The quantitative estimate of drug-likeness (QED) is 0.694. The van der Waals surface area contributed by atoms with Crippen molar-refractivity contribution in [1.29, 1.82) is 0 Å². The molecule has 0 aliphatic heterocycles. The zero-order valence-electron chi connectivity index (χ0n) is 14.2. The molecule has 26 heavy (non-hydrogen) atoms. The molecule has 0 aliphatic rings. The van der Waals surface area contributed by atoms with Gasteiger partial charge in [-0.25, -0.2) is 9.78 Å². The summed E-state index contributed by atoms with van der Waals surface area (Å²) in [6.07, 6.45) is 1.42. The lowest BCUT2D eigenvalue weighted by Crippen LogP contribution is -2.49. The summed E-state index contributed by atoms with van der Waals surface area (Å²) in [4.78, 5) is 27.4. The maximum absolute atomic E-state index is 12.2. The Kier molecular flexibility index (Phi) is 6.28. The molecule has 0 spiro atoms. The topological polar surface area (TPSA) is 106 Å². The van der Waals surface area contributed by atoms with Gasteiger partial charge < -0.3 is 21.1 Å². The van der Waals surface area contributed by atoms with E-state index in [0.29, 0.717) is 16.3 Å². The number of hydrogen-bond donors (Lipinski definition) is 3. The molecular formula is C17H18Cl2N4O3. The fourth-order valence-corrected chi connectivity index (χ4v) is 2.45. The zero-order chi connectivity index (χ0) is 19.3. The summed E-state index contributed by atoms with van der Waals surface area (Å²) in [5.74, 6) is -0.351. The summed E-state index contributed by atoms with van der Waals surface area (Å²) in [7, 11) is 0. The Balaban J connectivity index is 1.94. The second-order valence-corrected chi connectivity index (χ2v) is 6.98. The van der Waals surface area contributed by atoms with Crippen molar-refractivity contribution >= 4 is 40.8 Å². The summed E-state index contributed by atoms with van der Waals surface area (Å²) in [5.41, 5.74) is 5.24. The van der Waals surface area contributed by atoms with Crippen LogP contribution in [0.3, 0.4) is 0 Å². The smallest absolute Gasteiger partial charge is 0.319 e. The molecule has 9 heteroatoms. The van der Waals surface area contributed by atoms with Crippen LogP contribution in [0, 0.1) is 0 Å². The van der Waals surface area contributed by atoms with Crippen molar-refractivity contribution in [3.8, 4) is 5.88 Å². The van der Waals surface area contributed by atoms with Gasteiger partial charge in [0.25, 0.3) is 0 Å². The van der Waals surface area contributed by atoms with E-state index in [1.54, 1.807) is 32.0 Å². The van der Waals surface area contributed by atoms with E-state index in [4.69, 9.17) is 33.7 Å². The van der Waals surface area contributed by atoms with Crippen molar-refractivity contribution in [2.24, 2.45) is 5.73 Å². The van der Waals surface area contributed by atoms with Gasteiger partial charge >= 0.3 is 6.03 Å². The number of rotatable bonds is 6. The number of nitrogens with two attached hydrogens (primary N) is 1. The van der Waals surface area contributed by atoms with Crippen molar-refractivity contribution in [1.82, 2.24) is 10.3 Å². The van der Waals surface area contributed by atoms with Crippen molar-refractivity contribution < 1.29 is 14.3 Å². The van der Waals surface area contributed by atoms with Crippen molar-refractivity contribution in [3.63, 3.8) is 0 Å². The summed E-state index contributed by atoms with van der Waals surface area (Å²) >= 11 is 11.8. The number of pyridine rings is 1. The van der Waals surface area contributed by atoms with E-state index in [1.165, 1.54) is 18.3 Å². The molecule has 2 rings (SSSR count). The van der Waals surface area contributed by atoms with E-state index in [0.717, 1.165) is 0 Å². The summed E-state index contributed by atoms with van der Waals surface area (Å²) < 4.78 is 5.55. The largest absolute Gasteiger partial charge is 0.474 e. The molecule has 0 bridgehead atoms. The highest BCUT2D eigenvalue weighted by Crippen LogP contribution is 2.25. The van der Waals surface area contributed by atoms with Gasteiger partial charge in [-0.3, -0.25) is 4.79 Å². The maximum atomic E-state index is 12.2. The number of nitrogens with zero attached hydrogens (tertiary/aromatic N) is 1. The number of halogens is 2. The number of amides is 3. The third-order valence-corrected chi connectivity index (χ3v) is 3.68. The van der Waals surface area contributed by atoms with Gasteiger partial charge in [-0.15, -0.1) is 0 Å². The van der Waals surface area contributed by atoms with Gasteiger partial charge in [0.15, 0.2) is 0 Å². The van der Waals surface area contributed by atoms with Crippen LogP contribution in [0.5, 0.6) is 5.88 Å². The molecular weight excluding hydrogens is 379 g/mol. The third kappa shape index (κ3) is 5.79. The molecule has 1 aromatic heterocycles. The van der Waals surface area contributed by atoms with Crippen LogP contribution in [0.2, 0.25) is 10.0 Å². The molecule has 0 unspecified atom stereocenters. The van der Waals surface area contributed by atoms with E-state index in [1.807, 2.05) is 0 Å². The predicted molar refractivity (Wildman–Crippen MR) is 101 cm³/mol. The van der Waals surface area contributed by atoms with E-state index in [9.17, 15) is 9.59 Å². The minimum atomic E-state index is -0.726. The normalized spacial score (nSPS) is 10.9. The highest BCUT2D eigenvalue weighted by Gasteiger charge is 2.22. The first kappa shape index (κ1) is 19.8. The van der Waals surface area contributed by atoms with Crippen LogP contribution in [0.4, 0.5) is 10.5 Å². The van der Waals surface area contributed by atoms with E-state index in [2.05, 4.69) is 15.6 Å². The van der Waals surface area contributed by atoms with Crippen molar-refractivity contribution in [2.75, 3.05) is 11.9 Å². The Morgan fingerprint density at radius 3 is 2.65 bits per heavy atom. The summed E-state index contributed by atoms with van der Waals surface area (Å²) in [6.45, 7) is 3.67. The number of urea groups is 1. The number of primary amides is 1. The predicted octanol–water partition coefficient (Wildman–Crippen LogP) is 3.47. The average Bonchev–Trinajstić information content (AvgIpc) is 2.53. The van der Waals surface area contributed by atoms with Gasteiger partial charge in [0.1, 0.15) is 11.6 Å². The van der Waals surface area contributed by atoms with Crippen LogP contribution in [-0.4, -0.2) is 29.1 Å². The third-order valence-electron chi connectivity index (χ3n) is 3.20. The van der Waals surface area contributed by atoms with Crippen LogP contribution in [-0.2, 0) is 0 Å². The minimum Gasteiger partial charge on any atom is -0.474 e. The van der Waals surface area contributed by atoms with Gasteiger partial charge in [0.05, 0.1) is 10.6 Å². The van der Waals surface area contributed by atoms with Gasteiger partial charge in [-0.05, 0) is 38.1 Å². The Hall–Kier alpha value is -2.51. The molecule has 0 fully saturated rings. The molecule has 1 heterocycles. The van der Waals surface area contributed by atoms with Crippen molar-refractivity contribution in [2.45, 2.75) is 19.4 Å². The van der Waals surface area contributed by atoms with Crippen LogP contribution < -0.4 is 21.1 Å². The molecule has 3 amide bonds. The molecule has 0 aliphatic carbocycles.